The Hall–Kier alpha value is -4.82. The normalized spacial score (nSPS) is 11.4. The molecule has 0 saturated carbocycles. The van der Waals surface area contributed by atoms with Crippen LogP contribution in [0.25, 0.3) is 55.2 Å². The number of nitrogens with one attached hydrogen (secondary N) is 2. The SMILES string of the molecule is Cc1ccc(-c2cccc3[nH]c(-c4n[nH]c5cnc(-c6cncc(OCc7ccccc7)c6)cc45)nc23)s1. The van der Waals surface area contributed by atoms with E-state index in [1.165, 1.54) is 9.75 Å². The Balaban J connectivity index is 1.24. The predicted molar refractivity (Wildman–Crippen MR) is 151 cm³/mol. The van der Waals surface area contributed by atoms with Crippen LogP contribution >= 0.6 is 11.3 Å². The lowest BCUT2D eigenvalue weighted by atomic mass is 10.1. The first-order valence-corrected chi connectivity index (χ1v) is 13.0. The molecule has 184 valence electrons. The lowest BCUT2D eigenvalue weighted by molar-refractivity contribution is 0.305. The van der Waals surface area contributed by atoms with Gasteiger partial charge in [-0.1, -0.05) is 42.5 Å². The minimum absolute atomic E-state index is 0.476. The Morgan fingerprint density at radius 3 is 2.68 bits per heavy atom. The zero-order valence-corrected chi connectivity index (χ0v) is 21.3. The summed E-state index contributed by atoms with van der Waals surface area (Å²) in [5, 5.41) is 8.61. The molecular formula is C30H22N6OS. The average molecular weight is 515 g/mol. The van der Waals surface area contributed by atoms with Crippen LogP contribution < -0.4 is 4.74 Å². The van der Waals surface area contributed by atoms with Crippen LogP contribution in [0.5, 0.6) is 5.75 Å². The largest absolute Gasteiger partial charge is 0.487 e. The summed E-state index contributed by atoms with van der Waals surface area (Å²) >= 11 is 1.77. The highest BCUT2D eigenvalue weighted by Crippen LogP contribution is 2.35. The van der Waals surface area contributed by atoms with Gasteiger partial charge in [0.2, 0.25) is 0 Å². The Morgan fingerprint density at radius 1 is 0.895 bits per heavy atom. The van der Waals surface area contributed by atoms with Gasteiger partial charge in [0.1, 0.15) is 18.1 Å². The first-order valence-electron chi connectivity index (χ1n) is 12.2. The molecule has 0 aliphatic heterocycles. The van der Waals surface area contributed by atoms with Crippen molar-refractivity contribution >= 4 is 33.3 Å². The Morgan fingerprint density at radius 2 is 1.82 bits per heavy atom. The summed E-state index contributed by atoms with van der Waals surface area (Å²) in [5.74, 6) is 1.40. The molecule has 8 heteroatoms. The molecule has 5 aromatic heterocycles. The van der Waals surface area contributed by atoms with E-state index in [4.69, 9.17) is 9.72 Å². The fraction of sp³-hybridized carbons (Fsp3) is 0.0667. The highest BCUT2D eigenvalue weighted by Gasteiger charge is 2.17. The molecule has 7 aromatic rings. The highest BCUT2D eigenvalue weighted by atomic mass is 32.1. The maximum atomic E-state index is 5.98. The number of hydrogen-bond donors (Lipinski definition) is 2. The van der Waals surface area contributed by atoms with E-state index < -0.39 is 0 Å². The molecule has 2 N–H and O–H groups in total. The number of nitrogens with zero attached hydrogens (tertiary/aromatic N) is 4. The van der Waals surface area contributed by atoms with Gasteiger partial charge >= 0.3 is 0 Å². The van der Waals surface area contributed by atoms with Crippen LogP contribution in [0.4, 0.5) is 0 Å². The number of pyridine rings is 2. The van der Waals surface area contributed by atoms with Gasteiger partial charge in [-0.2, -0.15) is 5.10 Å². The third-order valence-electron chi connectivity index (χ3n) is 6.45. The van der Waals surface area contributed by atoms with E-state index in [9.17, 15) is 0 Å². The summed E-state index contributed by atoms with van der Waals surface area (Å²) in [4.78, 5) is 19.9. The first kappa shape index (κ1) is 22.4. The molecule has 0 atom stereocenters. The molecule has 0 amide bonds. The van der Waals surface area contributed by atoms with E-state index in [1.54, 1.807) is 29.9 Å². The first-order chi connectivity index (χ1) is 18.7. The van der Waals surface area contributed by atoms with Crippen molar-refractivity contribution < 1.29 is 4.74 Å². The van der Waals surface area contributed by atoms with Crippen LogP contribution in [0.15, 0.2) is 91.4 Å². The number of aryl methyl sites for hydroxylation is 1. The Labute approximate surface area is 222 Å². The topological polar surface area (TPSA) is 92.4 Å². The lowest BCUT2D eigenvalue weighted by Gasteiger charge is -2.08. The molecule has 0 saturated heterocycles. The molecule has 0 aliphatic rings. The lowest BCUT2D eigenvalue weighted by Crippen LogP contribution is -1.96. The average Bonchev–Trinajstić information content (AvgIpc) is 3.70. The van der Waals surface area contributed by atoms with Gasteiger partial charge < -0.3 is 9.72 Å². The number of para-hydroxylation sites is 1. The predicted octanol–water partition coefficient (Wildman–Crippen LogP) is 7.18. The third kappa shape index (κ3) is 4.10. The van der Waals surface area contributed by atoms with Gasteiger partial charge in [0, 0.05) is 32.5 Å². The number of H-pyrrole nitrogens is 2. The summed E-state index contributed by atoms with van der Waals surface area (Å²) in [6, 6.07) is 24.5. The summed E-state index contributed by atoms with van der Waals surface area (Å²) in [7, 11) is 0. The summed E-state index contributed by atoms with van der Waals surface area (Å²) in [5.41, 5.74) is 7.35. The zero-order valence-electron chi connectivity index (χ0n) is 20.5. The number of rotatable bonds is 6. The minimum Gasteiger partial charge on any atom is -0.487 e. The maximum absolute atomic E-state index is 5.98. The summed E-state index contributed by atoms with van der Waals surface area (Å²) < 4.78 is 5.98. The molecule has 5 heterocycles. The summed E-state index contributed by atoms with van der Waals surface area (Å²) in [6.45, 7) is 2.59. The molecule has 38 heavy (non-hydrogen) atoms. The molecule has 0 bridgehead atoms. The molecule has 0 aliphatic carbocycles. The third-order valence-corrected chi connectivity index (χ3v) is 7.48. The van der Waals surface area contributed by atoms with E-state index in [0.717, 1.165) is 50.0 Å². The molecule has 0 spiro atoms. The van der Waals surface area contributed by atoms with Crippen molar-refractivity contribution in [3.8, 4) is 39.0 Å². The second-order valence-corrected chi connectivity index (χ2v) is 10.4. The second-order valence-electron chi connectivity index (χ2n) is 9.07. The number of hydrogen-bond acceptors (Lipinski definition) is 6. The van der Waals surface area contributed by atoms with Crippen LogP contribution in [0.3, 0.4) is 0 Å². The van der Waals surface area contributed by atoms with E-state index in [2.05, 4.69) is 56.3 Å². The van der Waals surface area contributed by atoms with Crippen molar-refractivity contribution in [2.24, 2.45) is 0 Å². The van der Waals surface area contributed by atoms with Crippen molar-refractivity contribution in [3.05, 3.63) is 102 Å². The van der Waals surface area contributed by atoms with Crippen molar-refractivity contribution in [1.82, 2.24) is 30.1 Å². The van der Waals surface area contributed by atoms with Gasteiger partial charge in [-0.15, -0.1) is 11.3 Å². The van der Waals surface area contributed by atoms with Crippen LogP contribution in [-0.4, -0.2) is 30.1 Å². The van der Waals surface area contributed by atoms with Gasteiger partial charge in [-0.3, -0.25) is 15.1 Å². The van der Waals surface area contributed by atoms with Crippen LogP contribution in [-0.2, 0) is 6.61 Å². The smallest absolute Gasteiger partial charge is 0.159 e. The van der Waals surface area contributed by atoms with Crippen LogP contribution in [0, 0.1) is 6.92 Å². The van der Waals surface area contributed by atoms with E-state index in [-0.39, 0.29) is 0 Å². The van der Waals surface area contributed by atoms with Gasteiger partial charge in [0.15, 0.2) is 5.82 Å². The molecule has 0 unspecified atom stereocenters. The van der Waals surface area contributed by atoms with Crippen molar-refractivity contribution in [3.63, 3.8) is 0 Å². The van der Waals surface area contributed by atoms with E-state index in [1.807, 2.05) is 48.5 Å². The van der Waals surface area contributed by atoms with E-state index >= 15 is 0 Å². The quantitative estimate of drug-likeness (QED) is 0.245. The van der Waals surface area contributed by atoms with Gasteiger partial charge in [-0.25, -0.2) is 4.98 Å². The van der Waals surface area contributed by atoms with E-state index in [0.29, 0.717) is 18.2 Å². The van der Waals surface area contributed by atoms with Crippen molar-refractivity contribution in [1.29, 1.82) is 0 Å². The Kier molecular flexibility index (Phi) is 5.44. The minimum atomic E-state index is 0.476. The molecule has 2 aromatic carbocycles. The van der Waals surface area contributed by atoms with Gasteiger partial charge in [-0.05, 0) is 42.8 Å². The standard InChI is InChI=1S/C30H22N6OS/c1-18-10-11-27(38-18)22-8-5-9-24-28(22)34-30(33-24)29-23-13-25(32-16-26(23)35-36-29)20-12-21(15-31-14-20)37-17-19-6-3-2-4-7-19/h2-16H,17H2,1H3,(H,33,34)(H,35,36). The fourth-order valence-electron chi connectivity index (χ4n) is 4.56. The number of ether oxygens (including phenoxy) is 1. The maximum Gasteiger partial charge on any atom is 0.159 e. The number of aromatic nitrogens is 6. The Bertz CT molecular complexity index is 1900. The number of fused-ring (bicyclic) bond motifs is 2. The molecule has 7 nitrogen and oxygen atoms in total. The van der Waals surface area contributed by atoms with Gasteiger partial charge in [0.05, 0.1) is 34.6 Å². The van der Waals surface area contributed by atoms with Crippen molar-refractivity contribution in [2.75, 3.05) is 0 Å². The van der Waals surface area contributed by atoms with Gasteiger partial charge in [0.25, 0.3) is 0 Å². The number of benzene rings is 2. The number of imidazole rings is 1. The van der Waals surface area contributed by atoms with Crippen LogP contribution in [0.1, 0.15) is 10.4 Å². The molecule has 7 rings (SSSR count). The highest BCUT2D eigenvalue weighted by molar-refractivity contribution is 7.15. The summed E-state index contributed by atoms with van der Waals surface area (Å²) in [6.07, 6.45) is 5.30. The number of aromatic amines is 2. The monoisotopic (exact) mass is 514 g/mol. The molecular weight excluding hydrogens is 492 g/mol. The fourth-order valence-corrected chi connectivity index (χ4v) is 5.45. The van der Waals surface area contributed by atoms with Crippen molar-refractivity contribution in [2.45, 2.75) is 13.5 Å². The second kappa shape index (κ2) is 9.24. The molecule has 0 fully saturated rings. The molecule has 0 radical (unpaired) electrons. The number of thiophene rings is 1. The van der Waals surface area contributed by atoms with Crippen LogP contribution in [0.2, 0.25) is 0 Å². The zero-order chi connectivity index (χ0) is 25.5.